The fourth-order valence-corrected chi connectivity index (χ4v) is 8.12. The van der Waals surface area contributed by atoms with Gasteiger partial charge < -0.3 is 14.9 Å². The molecule has 2 atom stereocenters. The number of benzene rings is 4. The molecule has 7 heteroatoms. The van der Waals surface area contributed by atoms with Crippen LogP contribution in [0.3, 0.4) is 0 Å². The summed E-state index contributed by atoms with van der Waals surface area (Å²) in [6.45, 7) is 0. The van der Waals surface area contributed by atoms with Crippen LogP contribution >= 0.6 is 22.7 Å². The summed E-state index contributed by atoms with van der Waals surface area (Å²) in [7, 11) is 0. The van der Waals surface area contributed by atoms with Crippen LogP contribution in [-0.2, 0) is 9.59 Å². The lowest BCUT2D eigenvalue weighted by atomic mass is 9.98. The molecule has 5 nitrogen and oxygen atoms in total. The van der Waals surface area contributed by atoms with E-state index in [2.05, 4.69) is 9.80 Å². The van der Waals surface area contributed by atoms with Crippen molar-refractivity contribution in [2.24, 2.45) is 0 Å². The number of carbonyl (C=O) groups is 2. The molecule has 1 aliphatic rings. The highest BCUT2D eigenvalue weighted by Crippen LogP contribution is 2.48. The van der Waals surface area contributed by atoms with Crippen molar-refractivity contribution in [3.63, 3.8) is 0 Å². The number of rotatable bonds is 8. The van der Waals surface area contributed by atoms with Gasteiger partial charge in [-0.05, 0) is 72.8 Å². The molecule has 0 amide bonds. The number of nitrogens with zero attached hydrogens (tertiary/aromatic N) is 2. The second kappa shape index (κ2) is 12.1. The van der Waals surface area contributed by atoms with Crippen molar-refractivity contribution < 1.29 is 14.7 Å². The van der Waals surface area contributed by atoms with Gasteiger partial charge in [0.25, 0.3) is 0 Å². The molecule has 0 aliphatic heterocycles. The number of carbonyl (C=O) groups excluding carboxylic acids is 2. The first-order valence-corrected chi connectivity index (χ1v) is 16.0. The van der Waals surface area contributed by atoms with Gasteiger partial charge in [0.1, 0.15) is 10.0 Å². The number of para-hydroxylation sites is 4. The SMILES string of the molecule is O=C1C(=O)C(c2ccc(N(c3ccccc3)c3ccccc3)s2)C([O-])C1c1ccc(N(c2ccccc2)c2ccccc2)s1. The van der Waals surface area contributed by atoms with Crippen LogP contribution < -0.4 is 14.9 Å². The Labute approximate surface area is 263 Å². The van der Waals surface area contributed by atoms with Gasteiger partial charge >= 0.3 is 0 Å². The van der Waals surface area contributed by atoms with E-state index in [1.807, 2.05) is 146 Å². The second-order valence-corrected chi connectivity index (χ2v) is 12.7. The minimum atomic E-state index is -1.41. The van der Waals surface area contributed by atoms with E-state index in [1.165, 1.54) is 22.7 Å². The molecule has 44 heavy (non-hydrogen) atoms. The average Bonchev–Trinajstić information content (AvgIpc) is 3.79. The first-order valence-electron chi connectivity index (χ1n) is 14.3. The lowest BCUT2D eigenvalue weighted by Gasteiger charge is -2.27. The molecule has 0 bridgehead atoms. The van der Waals surface area contributed by atoms with Gasteiger partial charge in [0.2, 0.25) is 11.6 Å². The summed E-state index contributed by atoms with van der Waals surface area (Å²) in [6, 6.07) is 47.3. The number of hydrogen-bond donors (Lipinski definition) is 0. The fourth-order valence-electron chi connectivity index (χ4n) is 5.75. The summed E-state index contributed by atoms with van der Waals surface area (Å²) in [6.07, 6.45) is -1.41. The third kappa shape index (κ3) is 5.15. The van der Waals surface area contributed by atoms with Gasteiger partial charge in [0.15, 0.2) is 0 Å². The predicted molar refractivity (Wildman–Crippen MR) is 177 cm³/mol. The number of Topliss-reactive ketones (excluding diaryl/α,β-unsaturated/α-hetero) is 2. The molecule has 0 radical (unpaired) electrons. The Morgan fingerprint density at radius 2 is 0.727 bits per heavy atom. The molecule has 4 aromatic carbocycles. The maximum atomic E-state index is 14.0. The molecular weight excluding hydrogens is 585 g/mol. The van der Waals surface area contributed by atoms with Crippen molar-refractivity contribution in [1.29, 1.82) is 0 Å². The summed E-state index contributed by atoms with van der Waals surface area (Å²) in [4.78, 5) is 32.3. The van der Waals surface area contributed by atoms with Gasteiger partial charge in [0, 0.05) is 44.3 Å². The summed E-state index contributed by atoms with van der Waals surface area (Å²) in [5, 5.41) is 15.7. The van der Waals surface area contributed by atoms with Gasteiger partial charge in [0.05, 0.1) is 0 Å². The lowest BCUT2D eigenvalue weighted by Crippen LogP contribution is -2.34. The first kappa shape index (κ1) is 28.0. The van der Waals surface area contributed by atoms with Gasteiger partial charge in [-0.25, -0.2) is 0 Å². The van der Waals surface area contributed by atoms with Crippen LogP contribution in [-0.4, -0.2) is 17.7 Å². The monoisotopic (exact) mass is 611 g/mol. The van der Waals surface area contributed by atoms with E-state index >= 15 is 0 Å². The predicted octanol–water partition coefficient (Wildman–Crippen LogP) is 8.50. The molecule has 2 aromatic heterocycles. The minimum absolute atomic E-state index is 0.604. The number of thiophene rings is 2. The van der Waals surface area contributed by atoms with Crippen molar-refractivity contribution in [3.8, 4) is 0 Å². The van der Waals surface area contributed by atoms with E-state index in [0.29, 0.717) is 9.75 Å². The van der Waals surface area contributed by atoms with E-state index in [0.717, 1.165) is 32.8 Å². The molecule has 6 aromatic rings. The molecule has 2 unspecified atom stereocenters. The Bertz CT molecular complexity index is 1670. The molecule has 0 spiro atoms. The van der Waals surface area contributed by atoms with E-state index in [1.54, 1.807) is 0 Å². The van der Waals surface area contributed by atoms with Crippen LogP contribution in [0.5, 0.6) is 0 Å². The van der Waals surface area contributed by atoms with Gasteiger partial charge in [-0.1, -0.05) is 78.9 Å². The third-order valence-electron chi connectivity index (χ3n) is 7.80. The number of anilines is 6. The normalized spacial score (nSPS) is 18.0. The van der Waals surface area contributed by atoms with Crippen LogP contribution in [0.2, 0.25) is 0 Å². The molecule has 7 rings (SSSR count). The van der Waals surface area contributed by atoms with Crippen LogP contribution in [0.4, 0.5) is 32.8 Å². The molecule has 216 valence electrons. The average molecular weight is 612 g/mol. The van der Waals surface area contributed by atoms with Crippen molar-refractivity contribution >= 4 is 67.0 Å². The Hall–Kier alpha value is -4.82. The molecule has 1 aliphatic carbocycles. The highest BCUT2D eigenvalue weighted by Gasteiger charge is 2.46. The van der Waals surface area contributed by atoms with Gasteiger partial charge in [-0.15, -0.1) is 22.7 Å². The van der Waals surface area contributed by atoms with Crippen LogP contribution in [0.25, 0.3) is 0 Å². The molecule has 0 saturated heterocycles. The maximum absolute atomic E-state index is 14.0. The molecule has 2 heterocycles. The van der Waals surface area contributed by atoms with E-state index < -0.39 is 29.5 Å². The highest BCUT2D eigenvalue weighted by molar-refractivity contribution is 7.17. The Balaban J connectivity index is 1.21. The first-order chi connectivity index (χ1) is 21.6. The molecule has 0 N–H and O–H groups in total. The summed E-state index contributed by atoms with van der Waals surface area (Å²) in [5.41, 5.74) is 3.85. The molecule has 1 fully saturated rings. The standard InChI is InChI=1S/C37H27N2O3S2/c40-35-33(29-21-23-31(43-29)38(25-13-5-1-6-14-25)26-15-7-2-8-16-26)36(41)37(42)34(35)30-22-24-32(44-30)39(27-17-9-3-10-18-27)28-19-11-4-12-20-28/h1-24,33-35H/q-1. The highest BCUT2D eigenvalue weighted by atomic mass is 32.1. The summed E-state index contributed by atoms with van der Waals surface area (Å²) >= 11 is 2.77. The van der Waals surface area contributed by atoms with Crippen molar-refractivity contribution in [2.75, 3.05) is 9.80 Å². The van der Waals surface area contributed by atoms with Gasteiger partial charge in [-0.3, -0.25) is 9.59 Å². The Kier molecular flexibility index (Phi) is 7.66. The zero-order valence-electron chi connectivity index (χ0n) is 23.5. The third-order valence-corrected chi connectivity index (χ3v) is 10.1. The quantitative estimate of drug-likeness (QED) is 0.162. The Morgan fingerprint density at radius 3 is 1.02 bits per heavy atom. The summed E-state index contributed by atoms with van der Waals surface area (Å²) < 4.78 is 0. The number of ketones is 2. The van der Waals surface area contributed by atoms with Crippen LogP contribution in [0, 0.1) is 0 Å². The largest absolute Gasteiger partial charge is 0.850 e. The van der Waals surface area contributed by atoms with Crippen molar-refractivity contribution in [3.05, 3.63) is 155 Å². The zero-order chi connectivity index (χ0) is 30.0. The second-order valence-electron chi connectivity index (χ2n) is 10.5. The topological polar surface area (TPSA) is 63.7 Å². The lowest BCUT2D eigenvalue weighted by molar-refractivity contribution is -0.422. The zero-order valence-corrected chi connectivity index (χ0v) is 25.2. The van der Waals surface area contributed by atoms with Crippen molar-refractivity contribution in [1.82, 2.24) is 0 Å². The van der Waals surface area contributed by atoms with Crippen LogP contribution in [0.15, 0.2) is 146 Å². The number of hydrogen-bond acceptors (Lipinski definition) is 7. The van der Waals surface area contributed by atoms with Gasteiger partial charge in [-0.2, -0.15) is 0 Å². The van der Waals surface area contributed by atoms with E-state index in [9.17, 15) is 14.7 Å². The summed E-state index contributed by atoms with van der Waals surface area (Å²) in [5.74, 6) is -3.26. The molecule has 1 saturated carbocycles. The van der Waals surface area contributed by atoms with Crippen molar-refractivity contribution in [2.45, 2.75) is 17.9 Å². The fraction of sp³-hybridized carbons (Fsp3) is 0.0811. The van der Waals surface area contributed by atoms with E-state index in [-0.39, 0.29) is 0 Å². The smallest absolute Gasteiger partial charge is 0.206 e. The molecular formula is C37H27N2O3S2-. The van der Waals surface area contributed by atoms with Crippen LogP contribution in [0.1, 0.15) is 21.6 Å². The maximum Gasteiger partial charge on any atom is 0.206 e. The minimum Gasteiger partial charge on any atom is -0.850 e. The Morgan fingerprint density at radius 1 is 0.432 bits per heavy atom. The van der Waals surface area contributed by atoms with E-state index in [4.69, 9.17) is 0 Å².